The van der Waals surface area contributed by atoms with E-state index < -0.39 is 18.0 Å². The lowest BCUT2D eigenvalue weighted by molar-refractivity contribution is -0.142. The Hall–Kier alpha value is -3.35. The molecule has 4 atom stereocenters. The fraction of sp³-hybridized carbons (Fsp3) is 0.464. The molecule has 2 aliphatic carbocycles. The molecule has 1 saturated heterocycles. The van der Waals surface area contributed by atoms with Gasteiger partial charge in [-0.25, -0.2) is 4.79 Å². The number of carboxylic acid groups (broad SMARTS) is 1. The van der Waals surface area contributed by atoms with Crippen molar-refractivity contribution in [2.45, 2.75) is 44.6 Å². The number of nitrogens with one attached hydrogen (secondary N) is 1. The van der Waals surface area contributed by atoms with Crippen LogP contribution >= 0.6 is 0 Å². The summed E-state index contributed by atoms with van der Waals surface area (Å²) in [7, 11) is 0. The van der Waals surface area contributed by atoms with Gasteiger partial charge in [0.15, 0.2) is 0 Å². The largest absolute Gasteiger partial charge is 0.481 e. The third-order valence-electron chi connectivity index (χ3n) is 7.93. The Labute approximate surface area is 205 Å². The lowest BCUT2D eigenvalue weighted by Crippen LogP contribution is -2.43. The minimum Gasteiger partial charge on any atom is -0.481 e. The number of carbonyl (C=O) groups is 3. The molecule has 1 aliphatic heterocycles. The second-order valence-corrected chi connectivity index (χ2v) is 10.2. The van der Waals surface area contributed by atoms with Gasteiger partial charge in [-0.2, -0.15) is 0 Å². The van der Waals surface area contributed by atoms with Crippen LogP contribution in [0.5, 0.6) is 0 Å². The van der Waals surface area contributed by atoms with Crippen LogP contribution in [0.2, 0.25) is 0 Å². The van der Waals surface area contributed by atoms with Crippen LogP contribution < -0.4 is 5.32 Å². The van der Waals surface area contributed by atoms with Crippen LogP contribution in [-0.4, -0.2) is 53.7 Å². The van der Waals surface area contributed by atoms with Crippen LogP contribution in [0.15, 0.2) is 48.5 Å². The molecule has 1 heterocycles. The van der Waals surface area contributed by atoms with Crippen LogP contribution in [-0.2, 0) is 14.3 Å². The fourth-order valence-electron chi connectivity index (χ4n) is 6.08. The molecule has 5 rings (SSSR count). The predicted molar refractivity (Wildman–Crippen MR) is 131 cm³/mol. The van der Waals surface area contributed by atoms with Gasteiger partial charge in [0.1, 0.15) is 6.61 Å². The SMILES string of the molecule is CC1CN(C(=O)[C@@H]2CCC[C@H](NC(=O)OCC3c4ccccc4-c4ccccc43)C2)CC1C(=O)O. The zero-order chi connectivity index (χ0) is 24.5. The average molecular weight is 477 g/mol. The smallest absolute Gasteiger partial charge is 0.407 e. The van der Waals surface area contributed by atoms with Crippen molar-refractivity contribution in [2.75, 3.05) is 19.7 Å². The first kappa shape index (κ1) is 23.4. The fourth-order valence-corrected chi connectivity index (χ4v) is 6.08. The number of carboxylic acids is 1. The van der Waals surface area contributed by atoms with Gasteiger partial charge >= 0.3 is 12.1 Å². The van der Waals surface area contributed by atoms with Crippen LogP contribution in [0.4, 0.5) is 4.79 Å². The molecule has 1 saturated carbocycles. The highest BCUT2D eigenvalue weighted by atomic mass is 16.5. The first-order chi connectivity index (χ1) is 16.9. The Kier molecular flexibility index (Phi) is 6.50. The topological polar surface area (TPSA) is 95.9 Å². The van der Waals surface area contributed by atoms with Gasteiger partial charge in [0.25, 0.3) is 0 Å². The van der Waals surface area contributed by atoms with E-state index in [9.17, 15) is 19.5 Å². The van der Waals surface area contributed by atoms with Gasteiger partial charge in [-0.05, 0) is 47.4 Å². The van der Waals surface area contributed by atoms with E-state index in [1.165, 1.54) is 22.3 Å². The molecule has 2 aromatic carbocycles. The Morgan fingerprint density at radius 3 is 2.29 bits per heavy atom. The number of carbonyl (C=O) groups excluding carboxylic acids is 2. The summed E-state index contributed by atoms with van der Waals surface area (Å²) in [5, 5.41) is 12.3. The van der Waals surface area contributed by atoms with Crippen molar-refractivity contribution < 1.29 is 24.2 Å². The minimum atomic E-state index is -0.841. The summed E-state index contributed by atoms with van der Waals surface area (Å²) in [5.74, 6) is -1.56. The van der Waals surface area contributed by atoms with Gasteiger partial charge in [0, 0.05) is 31.0 Å². The monoisotopic (exact) mass is 476 g/mol. The first-order valence-corrected chi connectivity index (χ1v) is 12.6. The summed E-state index contributed by atoms with van der Waals surface area (Å²) in [4.78, 5) is 38.9. The number of alkyl carbamates (subject to hydrolysis) is 1. The number of hydrogen-bond acceptors (Lipinski definition) is 4. The highest BCUT2D eigenvalue weighted by Gasteiger charge is 2.40. The maximum absolute atomic E-state index is 13.1. The van der Waals surface area contributed by atoms with Crippen LogP contribution in [0.3, 0.4) is 0 Å². The first-order valence-electron chi connectivity index (χ1n) is 12.6. The number of rotatable bonds is 5. The van der Waals surface area contributed by atoms with Crippen molar-refractivity contribution in [3.63, 3.8) is 0 Å². The summed E-state index contributed by atoms with van der Waals surface area (Å²) in [5.41, 5.74) is 4.72. The number of hydrogen-bond donors (Lipinski definition) is 2. The van der Waals surface area contributed by atoms with Crippen molar-refractivity contribution in [1.82, 2.24) is 10.2 Å². The molecule has 2 unspecified atom stereocenters. The zero-order valence-corrected chi connectivity index (χ0v) is 20.0. The summed E-state index contributed by atoms with van der Waals surface area (Å²) < 4.78 is 5.68. The van der Waals surface area contributed by atoms with E-state index >= 15 is 0 Å². The van der Waals surface area contributed by atoms with E-state index in [1.807, 2.05) is 31.2 Å². The predicted octanol–water partition coefficient (Wildman–Crippen LogP) is 4.26. The highest BCUT2D eigenvalue weighted by Crippen LogP contribution is 2.44. The summed E-state index contributed by atoms with van der Waals surface area (Å²) >= 11 is 0. The maximum Gasteiger partial charge on any atom is 0.407 e. The Bertz CT molecular complexity index is 1090. The van der Waals surface area contributed by atoms with Gasteiger partial charge in [-0.1, -0.05) is 61.9 Å². The van der Waals surface area contributed by atoms with Crippen molar-refractivity contribution in [1.29, 1.82) is 0 Å². The van der Waals surface area contributed by atoms with Gasteiger partial charge in [-0.3, -0.25) is 9.59 Å². The van der Waals surface area contributed by atoms with Gasteiger partial charge in [0.05, 0.1) is 5.92 Å². The zero-order valence-electron chi connectivity index (χ0n) is 20.0. The summed E-state index contributed by atoms with van der Waals surface area (Å²) in [6.45, 7) is 2.90. The number of amides is 2. The Morgan fingerprint density at radius 1 is 1.00 bits per heavy atom. The molecule has 3 aliphatic rings. The van der Waals surface area contributed by atoms with E-state index in [-0.39, 0.29) is 42.9 Å². The van der Waals surface area contributed by atoms with Crippen molar-refractivity contribution in [3.8, 4) is 11.1 Å². The molecule has 0 spiro atoms. The average Bonchev–Trinajstić information content (AvgIpc) is 3.41. The molecule has 0 aromatic heterocycles. The van der Waals surface area contributed by atoms with E-state index in [0.29, 0.717) is 13.0 Å². The normalized spacial score (nSPS) is 25.6. The molecule has 7 nitrogen and oxygen atoms in total. The second kappa shape index (κ2) is 9.72. The summed E-state index contributed by atoms with van der Waals surface area (Å²) in [6.07, 6.45) is 2.53. The number of likely N-dealkylation sites (tertiary alicyclic amines) is 1. The number of nitrogens with zero attached hydrogens (tertiary/aromatic N) is 1. The highest BCUT2D eigenvalue weighted by molar-refractivity contribution is 5.81. The van der Waals surface area contributed by atoms with Crippen LogP contribution in [0, 0.1) is 17.8 Å². The molecule has 2 aromatic rings. The third kappa shape index (κ3) is 4.64. The minimum absolute atomic E-state index is 0.00756. The van der Waals surface area contributed by atoms with Crippen molar-refractivity contribution in [2.24, 2.45) is 17.8 Å². The molecule has 184 valence electrons. The molecule has 2 amide bonds. The van der Waals surface area contributed by atoms with Crippen LogP contribution in [0.1, 0.15) is 49.7 Å². The molecule has 35 heavy (non-hydrogen) atoms. The standard InChI is InChI=1S/C28H32N2O5/c1-17-14-30(15-24(17)27(32)33)26(31)18-7-6-8-19(13-18)29-28(34)35-16-25-22-11-4-2-9-20(22)21-10-3-5-12-23(21)25/h2-5,9-12,17-19,24-25H,6-8,13-16H2,1H3,(H,29,34)(H,32,33)/t17?,18-,19+,24?/m1/s1. The number of benzene rings is 2. The lowest BCUT2D eigenvalue weighted by atomic mass is 9.85. The molecule has 0 bridgehead atoms. The quantitative estimate of drug-likeness (QED) is 0.672. The van der Waals surface area contributed by atoms with Crippen molar-refractivity contribution >= 4 is 18.0 Å². The number of fused-ring (bicyclic) bond motifs is 3. The van der Waals surface area contributed by atoms with E-state index in [1.54, 1.807) is 4.90 Å². The van der Waals surface area contributed by atoms with Gasteiger partial charge < -0.3 is 20.1 Å². The number of aliphatic carboxylic acids is 1. The Morgan fingerprint density at radius 2 is 1.66 bits per heavy atom. The molecular weight excluding hydrogens is 444 g/mol. The molecule has 0 radical (unpaired) electrons. The Balaban J connectivity index is 1.16. The number of ether oxygens (including phenoxy) is 1. The lowest BCUT2D eigenvalue weighted by Gasteiger charge is -2.31. The second-order valence-electron chi connectivity index (χ2n) is 10.2. The van der Waals surface area contributed by atoms with Crippen LogP contribution in [0.25, 0.3) is 11.1 Å². The van der Waals surface area contributed by atoms with Crippen molar-refractivity contribution in [3.05, 3.63) is 59.7 Å². The van der Waals surface area contributed by atoms with E-state index in [0.717, 1.165) is 19.3 Å². The van der Waals surface area contributed by atoms with E-state index in [4.69, 9.17) is 4.74 Å². The van der Waals surface area contributed by atoms with E-state index in [2.05, 4.69) is 29.6 Å². The maximum atomic E-state index is 13.1. The molecule has 7 heteroatoms. The molecule has 2 N–H and O–H groups in total. The van der Waals surface area contributed by atoms with Gasteiger partial charge in [-0.15, -0.1) is 0 Å². The molecule has 2 fully saturated rings. The third-order valence-corrected chi connectivity index (χ3v) is 7.93. The summed E-state index contributed by atoms with van der Waals surface area (Å²) in [6, 6.07) is 16.3. The molecular formula is C28H32N2O5. The van der Waals surface area contributed by atoms with Gasteiger partial charge in [0.2, 0.25) is 5.91 Å².